The highest BCUT2D eigenvalue weighted by atomic mass is 79.9. The minimum Gasteiger partial charge on any atom is -0.351 e. The maximum Gasteiger partial charge on any atom is 0.271 e. The number of rotatable bonds is 6. The minimum atomic E-state index is -0.518. The first-order valence-corrected chi connectivity index (χ1v) is 7.96. The van der Waals surface area contributed by atoms with Crippen LogP contribution >= 0.6 is 31.9 Å². The average molecular weight is 408 g/mol. The third-order valence-corrected chi connectivity index (χ3v) is 3.71. The van der Waals surface area contributed by atoms with Crippen molar-refractivity contribution < 1.29 is 9.72 Å². The fourth-order valence-electron chi connectivity index (χ4n) is 1.58. The van der Waals surface area contributed by atoms with Crippen LogP contribution in [0.2, 0.25) is 0 Å². The second kappa shape index (κ2) is 7.17. The zero-order valence-electron chi connectivity index (χ0n) is 11.3. The molecule has 0 aliphatic rings. The first-order chi connectivity index (χ1) is 9.25. The lowest BCUT2D eigenvalue weighted by Crippen LogP contribution is -2.34. The van der Waals surface area contributed by atoms with Crippen LogP contribution in [0.15, 0.2) is 22.7 Å². The number of non-ortho nitro benzene ring substituents is 1. The van der Waals surface area contributed by atoms with Crippen molar-refractivity contribution in [1.82, 2.24) is 5.32 Å². The van der Waals surface area contributed by atoms with Crippen molar-refractivity contribution >= 4 is 43.5 Å². The molecule has 0 aromatic heterocycles. The van der Waals surface area contributed by atoms with Crippen molar-refractivity contribution in [3.05, 3.63) is 38.3 Å². The van der Waals surface area contributed by atoms with Crippen molar-refractivity contribution in [2.75, 3.05) is 11.9 Å². The van der Waals surface area contributed by atoms with E-state index in [1.54, 1.807) is 6.07 Å². The van der Waals surface area contributed by atoms with Gasteiger partial charge < -0.3 is 5.32 Å². The summed E-state index contributed by atoms with van der Waals surface area (Å²) in [5, 5.41) is 14.5. The molecule has 0 saturated carbocycles. The number of halogens is 2. The molecule has 0 radical (unpaired) electrons. The van der Waals surface area contributed by atoms with Crippen LogP contribution in [0, 0.1) is 15.5 Å². The molecule has 0 heterocycles. The van der Waals surface area contributed by atoms with Crippen molar-refractivity contribution in [2.24, 2.45) is 5.41 Å². The Morgan fingerprint density at radius 2 is 2.05 bits per heavy atom. The van der Waals surface area contributed by atoms with Crippen LogP contribution in [0.3, 0.4) is 0 Å². The molecular formula is C13H16Br2N2O3. The number of nitrogens with one attached hydrogen (secondary N) is 1. The number of carbonyl (C=O) groups is 1. The van der Waals surface area contributed by atoms with Gasteiger partial charge in [-0.25, -0.2) is 0 Å². The third-order valence-electron chi connectivity index (χ3n) is 2.85. The predicted octanol–water partition coefficient (Wildman–Crippen LogP) is 3.90. The summed E-state index contributed by atoms with van der Waals surface area (Å²) >= 11 is 6.55. The Bertz CT molecular complexity index is 518. The quantitative estimate of drug-likeness (QED) is 0.441. The van der Waals surface area contributed by atoms with E-state index in [0.717, 1.165) is 11.8 Å². The zero-order valence-corrected chi connectivity index (χ0v) is 14.5. The molecule has 1 N–H and O–H groups in total. The molecule has 0 fully saturated rings. The Hall–Kier alpha value is -0.950. The number of benzene rings is 1. The first kappa shape index (κ1) is 17.1. The van der Waals surface area contributed by atoms with Gasteiger partial charge in [0.15, 0.2) is 0 Å². The number of alkyl halides is 1. The lowest BCUT2D eigenvalue weighted by atomic mass is 9.90. The fourth-order valence-corrected chi connectivity index (χ4v) is 3.13. The van der Waals surface area contributed by atoms with Crippen molar-refractivity contribution in [3.63, 3.8) is 0 Å². The van der Waals surface area contributed by atoms with Gasteiger partial charge in [-0.3, -0.25) is 14.9 Å². The molecule has 0 bridgehead atoms. The third kappa shape index (κ3) is 5.20. The maximum atomic E-state index is 12.1. The van der Waals surface area contributed by atoms with Gasteiger partial charge in [0, 0.05) is 34.0 Å². The van der Waals surface area contributed by atoms with E-state index in [1.165, 1.54) is 12.1 Å². The van der Waals surface area contributed by atoms with Crippen LogP contribution in [-0.4, -0.2) is 22.7 Å². The molecule has 0 spiro atoms. The molecule has 0 aliphatic carbocycles. The van der Waals surface area contributed by atoms with Crippen molar-refractivity contribution in [3.8, 4) is 0 Å². The molecule has 0 aliphatic heterocycles. The van der Waals surface area contributed by atoms with E-state index in [2.05, 4.69) is 51.0 Å². The molecule has 110 valence electrons. The SMILES string of the molecule is CC(C)(CCBr)CNC(=O)c1cc(Br)cc([N+](=O)[O-])c1. The number of amides is 1. The Morgan fingerprint density at radius 3 is 2.60 bits per heavy atom. The molecule has 1 aromatic rings. The van der Waals surface area contributed by atoms with E-state index in [9.17, 15) is 14.9 Å². The van der Waals surface area contributed by atoms with Gasteiger partial charge in [-0.2, -0.15) is 0 Å². The number of nitro groups is 1. The lowest BCUT2D eigenvalue weighted by Gasteiger charge is -2.23. The summed E-state index contributed by atoms with van der Waals surface area (Å²) in [7, 11) is 0. The van der Waals surface area contributed by atoms with Gasteiger partial charge in [-0.15, -0.1) is 0 Å². The summed E-state index contributed by atoms with van der Waals surface area (Å²) in [5.74, 6) is -0.308. The summed E-state index contributed by atoms with van der Waals surface area (Å²) < 4.78 is 0.511. The number of carbonyl (C=O) groups excluding carboxylic acids is 1. The molecule has 0 unspecified atom stereocenters. The zero-order chi connectivity index (χ0) is 15.3. The smallest absolute Gasteiger partial charge is 0.271 e. The molecule has 20 heavy (non-hydrogen) atoms. The van der Waals surface area contributed by atoms with E-state index in [-0.39, 0.29) is 22.6 Å². The van der Waals surface area contributed by atoms with Crippen LogP contribution in [0.1, 0.15) is 30.6 Å². The summed E-state index contributed by atoms with van der Waals surface area (Å²) in [6, 6.07) is 4.21. The van der Waals surface area contributed by atoms with E-state index >= 15 is 0 Å². The Kier molecular flexibility index (Phi) is 6.13. The van der Waals surface area contributed by atoms with Gasteiger partial charge in [0.2, 0.25) is 0 Å². The number of nitrogens with zero attached hydrogens (tertiary/aromatic N) is 1. The Morgan fingerprint density at radius 1 is 1.40 bits per heavy atom. The van der Waals surface area contributed by atoms with Crippen LogP contribution in [0.4, 0.5) is 5.69 Å². The monoisotopic (exact) mass is 406 g/mol. The molecule has 7 heteroatoms. The Labute approximate surface area is 134 Å². The lowest BCUT2D eigenvalue weighted by molar-refractivity contribution is -0.385. The standard InChI is InChI=1S/C13H16Br2N2O3/c1-13(2,3-4-14)8-16-12(18)9-5-10(15)7-11(6-9)17(19)20/h5-7H,3-4,8H2,1-2H3,(H,16,18). The Balaban J connectivity index is 2.80. The molecular weight excluding hydrogens is 392 g/mol. The van der Waals surface area contributed by atoms with Gasteiger partial charge in [-0.05, 0) is 17.9 Å². The number of hydrogen-bond acceptors (Lipinski definition) is 3. The highest BCUT2D eigenvalue weighted by molar-refractivity contribution is 9.10. The summed E-state index contributed by atoms with van der Waals surface area (Å²) in [6.45, 7) is 4.62. The predicted molar refractivity (Wildman–Crippen MR) is 85.3 cm³/mol. The van der Waals surface area contributed by atoms with E-state index < -0.39 is 4.92 Å². The van der Waals surface area contributed by atoms with Crippen LogP contribution in [-0.2, 0) is 0 Å². The van der Waals surface area contributed by atoms with E-state index in [0.29, 0.717) is 11.0 Å². The van der Waals surface area contributed by atoms with E-state index in [1.807, 2.05) is 0 Å². The summed E-state index contributed by atoms with van der Waals surface area (Å²) in [4.78, 5) is 22.3. The van der Waals surface area contributed by atoms with Crippen LogP contribution in [0.25, 0.3) is 0 Å². The number of hydrogen-bond donors (Lipinski definition) is 1. The fraction of sp³-hybridized carbons (Fsp3) is 0.462. The maximum absolute atomic E-state index is 12.1. The molecule has 5 nitrogen and oxygen atoms in total. The van der Waals surface area contributed by atoms with Gasteiger partial charge in [0.25, 0.3) is 11.6 Å². The van der Waals surface area contributed by atoms with Crippen LogP contribution < -0.4 is 5.32 Å². The summed E-state index contributed by atoms with van der Waals surface area (Å²) in [6.07, 6.45) is 0.923. The topological polar surface area (TPSA) is 72.2 Å². The van der Waals surface area contributed by atoms with Gasteiger partial charge in [0.1, 0.15) is 0 Å². The molecule has 1 amide bonds. The number of nitro benzene ring substituents is 1. The van der Waals surface area contributed by atoms with Crippen LogP contribution in [0.5, 0.6) is 0 Å². The van der Waals surface area contributed by atoms with Crippen molar-refractivity contribution in [1.29, 1.82) is 0 Å². The first-order valence-electron chi connectivity index (χ1n) is 6.04. The van der Waals surface area contributed by atoms with Gasteiger partial charge in [0.05, 0.1) is 4.92 Å². The molecule has 1 aromatic carbocycles. The van der Waals surface area contributed by atoms with Gasteiger partial charge >= 0.3 is 0 Å². The average Bonchev–Trinajstić information content (AvgIpc) is 2.35. The second-order valence-electron chi connectivity index (χ2n) is 5.24. The molecule has 0 saturated heterocycles. The van der Waals surface area contributed by atoms with Gasteiger partial charge in [-0.1, -0.05) is 45.7 Å². The largest absolute Gasteiger partial charge is 0.351 e. The molecule has 1 rings (SSSR count). The van der Waals surface area contributed by atoms with E-state index in [4.69, 9.17) is 0 Å². The second-order valence-corrected chi connectivity index (χ2v) is 6.95. The molecule has 0 atom stereocenters. The van der Waals surface area contributed by atoms with Crippen molar-refractivity contribution in [2.45, 2.75) is 20.3 Å². The summed E-state index contributed by atoms with van der Waals surface area (Å²) in [5.41, 5.74) is 0.141. The highest BCUT2D eigenvalue weighted by Crippen LogP contribution is 2.23. The minimum absolute atomic E-state index is 0.0306. The normalized spacial score (nSPS) is 11.2. The highest BCUT2D eigenvalue weighted by Gasteiger charge is 2.19.